The number of nitrogens with zero attached hydrogens (tertiary/aromatic N) is 2. The minimum Gasteiger partial charge on any atom is -0.378 e. The second-order valence-corrected chi connectivity index (χ2v) is 5.84. The predicted molar refractivity (Wildman–Crippen MR) is 89.9 cm³/mol. The molecule has 138 valence electrons. The number of carbonyl (C=O) groups excluding carboxylic acids is 1. The van der Waals surface area contributed by atoms with Gasteiger partial charge in [-0.25, -0.2) is 4.98 Å². The van der Waals surface area contributed by atoms with Crippen LogP contribution in [-0.2, 0) is 17.5 Å². The fraction of sp³-hybridized carbons (Fsp3) is 0.333. The summed E-state index contributed by atoms with van der Waals surface area (Å²) in [6.07, 6.45) is -2.73. The number of rotatable bonds is 4. The molecular weight excluding hydrogens is 347 g/mol. The third-order valence-electron chi connectivity index (χ3n) is 4.09. The van der Waals surface area contributed by atoms with Crippen molar-refractivity contribution in [2.45, 2.75) is 12.7 Å². The second-order valence-electron chi connectivity index (χ2n) is 5.84. The Labute approximate surface area is 148 Å². The van der Waals surface area contributed by atoms with Gasteiger partial charge in [-0.05, 0) is 30.3 Å². The number of benzene rings is 1. The van der Waals surface area contributed by atoms with Crippen molar-refractivity contribution < 1.29 is 22.7 Å². The summed E-state index contributed by atoms with van der Waals surface area (Å²) < 4.78 is 43.1. The number of pyridine rings is 1. The zero-order chi connectivity index (χ0) is 18.6. The van der Waals surface area contributed by atoms with Gasteiger partial charge in [0.2, 0.25) is 0 Å². The number of anilines is 1. The molecule has 1 saturated heterocycles. The lowest BCUT2D eigenvalue weighted by Crippen LogP contribution is -2.37. The van der Waals surface area contributed by atoms with Crippen molar-refractivity contribution in [3.05, 3.63) is 59.3 Å². The van der Waals surface area contributed by atoms with E-state index in [0.717, 1.165) is 36.6 Å². The molecule has 0 bridgehead atoms. The molecule has 8 heteroatoms. The molecule has 2 aromatic rings. The molecule has 26 heavy (non-hydrogen) atoms. The standard InChI is InChI=1S/C18H18F3N3O2/c19-18(20,21)15-5-3-13(4-6-15)17(25)23-12-14-2-1-7-22-16(14)24-8-10-26-11-9-24/h1-7H,8-12H2,(H,23,25). The summed E-state index contributed by atoms with van der Waals surface area (Å²) in [6.45, 7) is 2.91. The van der Waals surface area contributed by atoms with Crippen LogP contribution >= 0.6 is 0 Å². The van der Waals surface area contributed by atoms with Crippen molar-refractivity contribution in [1.29, 1.82) is 0 Å². The average Bonchev–Trinajstić information content (AvgIpc) is 2.66. The lowest BCUT2D eigenvalue weighted by atomic mass is 10.1. The van der Waals surface area contributed by atoms with E-state index in [0.29, 0.717) is 13.2 Å². The molecule has 1 aliphatic heterocycles. The summed E-state index contributed by atoms with van der Waals surface area (Å²) in [5.41, 5.74) is 0.236. The number of carbonyl (C=O) groups is 1. The molecular formula is C18H18F3N3O2. The van der Waals surface area contributed by atoms with Crippen molar-refractivity contribution >= 4 is 11.7 Å². The Hall–Kier alpha value is -2.61. The molecule has 1 aromatic carbocycles. The highest BCUT2D eigenvalue weighted by molar-refractivity contribution is 5.94. The molecule has 1 fully saturated rings. The maximum absolute atomic E-state index is 12.6. The molecule has 0 radical (unpaired) electrons. The molecule has 1 amide bonds. The van der Waals surface area contributed by atoms with Gasteiger partial charge in [-0.3, -0.25) is 4.79 Å². The minimum atomic E-state index is -4.42. The highest BCUT2D eigenvalue weighted by Gasteiger charge is 2.30. The molecule has 1 N–H and O–H groups in total. The van der Waals surface area contributed by atoms with Crippen LogP contribution < -0.4 is 10.2 Å². The van der Waals surface area contributed by atoms with E-state index in [1.165, 1.54) is 12.1 Å². The van der Waals surface area contributed by atoms with Crippen molar-refractivity contribution in [3.63, 3.8) is 0 Å². The quantitative estimate of drug-likeness (QED) is 0.905. The van der Waals surface area contributed by atoms with Gasteiger partial charge in [0.25, 0.3) is 5.91 Å². The van der Waals surface area contributed by atoms with Crippen molar-refractivity contribution in [2.24, 2.45) is 0 Å². The molecule has 5 nitrogen and oxygen atoms in total. The first-order chi connectivity index (χ1) is 12.4. The lowest BCUT2D eigenvalue weighted by molar-refractivity contribution is -0.137. The zero-order valence-electron chi connectivity index (χ0n) is 13.9. The van der Waals surface area contributed by atoms with E-state index < -0.39 is 17.6 Å². The van der Waals surface area contributed by atoms with E-state index >= 15 is 0 Å². The lowest BCUT2D eigenvalue weighted by Gasteiger charge is -2.29. The van der Waals surface area contributed by atoms with Crippen LogP contribution in [0.15, 0.2) is 42.6 Å². The van der Waals surface area contributed by atoms with Gasteiger partial charge in [0.1, 0.15) is 5.82 Å². The number of hydrogen-bond donors (Lipinski definition) is 1. The second kappa shape index (κ2) is 7.74. The van der Waals surface area contributed by atoms with Gasteiger partial charge in [-0.15, -0.1) is 0 Å². The highest BCUT2D eigenvalue weighted by atomic mass is 19.4. The first-order valence-electron chi connectivity index (χ1n) is 8.17. The summed E-state index contributed by atoms with van der Waals surface area (Å²) in [7, 11) is 0. The maximum Gasteiger partial charge on any atom is 0.416 e. The summed E-state index contributed by atoms with van der Waals surface area (Å²) in [5.74, 6) is 0.346. The van der Waals surface area contributed by atoms with Crippen LogP contribution in [0.2, 0.25) is 0 Å². The van der Waals surface area contributed by atoms with Gasteiger partial charge in [0.15, 0.2) is 0 Å². The largest absolute Gasteiger partial charge is 0.416 e. The van der Waals surface area contributed by atoms with Crippen LogP contribution in [0.5, 0.6) is 0 Å². The van der Waals surface area contributed by atoms with Crippen LogP contribution in [-0.4, -0.2) is 37.2 Å². The fourth-order valence-corrected chi connectivity index (χ4v) is 2.72. The van der Waals surface area contributed by atoms with Crippen LogP contribution in [0.4, 0.5) is 19.0 Å². The van der Waals surface area contributed by atoms with E-state index in [9.17, 15) is 18.0 Å². The number of halogens is 3. The molecule has 0 spiro atoms. The SMILES string of the molecule is O=C(NCc1cccnc1N1CCOCC1)c1ccc(C(F)(F)F)cc1. The molecule has 0 saturated carbocycles. The van der Waals surface area contributed by atoms with Crippen LogP contribution in [0.3, 0.4) is 0 Å². The van der Waals surface area contributed by atoms with Crippen LogP contribution in [0.1, 0.15) is 21.5 Å². The minimum absolute atomic E-state index is 0.176. The Morgan fingerprint density at radius 1 is 1.15 bits per heavy atom. The van der Waals surface area contributed by atoms with Crippen molar-refractivity contribution in [3.8, 4) is 0 Å². The van der Waals surface area contributed by atoms with E-state index in [-0.39, 0.29) is 12.1 Å². The molecule has 0 atom stereocenters. The summed E-state index contributed by atoms with van der Waals surface area (Å²) in [6, 6.07) is 7.79. The van der Waals surface area contributed by atoms with Gasteiger partial charge in [-0.1, -0.05) is 6.07 Å². The fourth-order valence-electron chi connectivity index (χ4n) is 2.72. The molecule has 2 heterocycles. The average molecular weight is 365 g/mol. The van der Waals surface area contributed by atoms with E-state index in [1.807, 2.05) is 6.07 Å². The Kier molecular flexibility index (Phi) is 5.41. The van der Waals surface area contributed by atoms with Crippen molar-refractivity contribution in [2.75, 3.05) is 31.2 Å². The predicted octanol–water partition coefficient (Wildman–Crippen LogP) is 2.87. The molecule has 1 aliphatic rings. The Balaban J connectivity index is 1.66. The first kappa shape index (κ1) is 18.2. The van der Waals surface area contributed by atoms with Crippen LogP contribution in [0.25, 0.3) is 0 Å². The first-order valence-corrected chi connectivity index (χ1v) is 8.17. The third-order valence-corrected chi connectivity index (χ3v) is 4.09. The smallest absolute Gasteiger partial charge is 0.378 e. The molecule has 3 rings (SSSR count). The molecule has 1 aromatic heterocycles. The van der Waals surface area contributed by atoms with E-state index in [2.05, 4.69) is 15.2 Å². The van der Waals surface area contributed by atoms with Gasteiger partial charge in [0, 0.05) is 37.0 Å². The number of aromatic nitrogens is 1. The Morgan fingerprint density at radius 2 is 1.85 bits per heavy atom. The van der Waals surface area contributed by atoms with Gasteiger partial charge in [0.05, 0.1) is 18.8 Å². The van der Waals surface area contributed by atoms with Crippen molar-refractivity contribution in [1.82, 2.24) is 10.3 Å². The monoisotopic (exact) mass is 365 g/mol. The van der Waals surface area contributed by atoms with E-state index in [4.69, 9.17) is 4.74 Å². The molecule has 0 aliphatic carbocycles. The number of amides is 1. The number of alkyl halides is 3. The van der Waals surface area contributed by atoms with E-state index in [1.54, 1.807) is 12.3 Å². The van der Waals surface area contributed by atoms with Gasteiger partial charge >= 0.3 is 6.18 Å². The zero-order valence-corrected chi connectivity index (χ0v) is 13.9. The Bertz CT molecular complexity index is 757. The highest BCUT2D eigenvalue weighted by Crippen LogP contribution is 2.29. The van der Waals surface area contributed by atoms with Gasteiger partial charge in [-0.2, -0.15) is 13.2 Å². The number of hydrogen-bond acceptors (Lipinski definition) is 4. The maximum atomic E-state index is 12.6. The topological polar surface area (TPSA) is 54.5 Å². The number of morpholine rings is 1. The van der Waals surface area contributed by atoms with Gasteiger partial charge < -0.3 is 15.0 Å². The summed E-state index contributed by atoms with van der Waals surface area (Å²) in [5, 5.41) is 2.73. The Morgan fingerprint density at radius 3 is 2.50 bits per heavy atom. The normalized spacial score (nSPS) is 15.0. The van der Waals surface area contributed by atoms with Crippen LogP contribution in [0, 0.1) is 0 Å². The number of nitrogens with one attached hydrogen (secondary N) is 1. The summed E-state index contributed by atoms with van der Waals surface area (Å²) >= 11 is 0. The summed E-state index contributed by atoms with van der Waals surface area (Å²) in [4.78, 5) is 18.7. The number of ether oxygens (including phenoxy) is 1. The molecule has 0 unspecified atom stereocenters. The third kappa shape index (κ3) is 4.32.